The molecule has 0 unspecified atom stereocenters. The predicted molar refractivity (Wildman–Crippen MR) is 105 cm³/mol. The summed E-state index contributed by atoms with van der Waals surface area (Å²) in [4.78, 5) is 8.89. The Morgan fingerprint density at radius 1 is 0.815 bits per heavy atom. The number of nitrogens with zero attached hydrogens (tertiary/aromatic N) is 4. The first-order valence-corrected chi connectivity index (χ1v) is 8.39. The maximum atomic E-state index is 9.10. The van der Waals surface area contributed by atoms with Gasteiger partial charge in [0.1, 0.15) is 5.82 Å². The SMILES string of the molecule is Cc1cnc(Nc2ccc(C#N)cc2)nc1Nc1c(C)cc(C#N)cc1C. The third-order valence-electron chi connectivity index (χ3n) is 4.15. The molecule has 6 heteroatoms. The van der Waals surface area contributed by atoms with Crippen molar-refractivity contribution in [2.45, 2.75) is 20.8 Å². The zero-order valence-electron chi connectivity index (χ0n) is 15.3. The summed E-state index contributed by atoms with van der Waals surface area (Å²) in [6, 6.07) is 15.1. The Labute approximate surface area is 158 Å². The van der Waals surface area contributed by atoms with Crippen molar-refractivity contribution in [2.24, 2.45) is 0 Å². The van der Waals surface area contributed by atoms with Crippen LogP contribution in [0.15, 0.2) is 42.6 Å². The minimum absolute atomic E-state index is 0.455. The van der Waals surface area contributed by atoms with Crippen LogP contribution >= 0.6 is 0 Å². The number of anilines is 4. The van der Waals surface area contributed by atoms with Gasteiger partial charge in [-0.2, -0.15) is 15.5 Å². The van der Waals surface area contributed by atoms with Gasteiger partial charge in [0.05, 0.1) is 23.3 Å². The van der Waals surface area contributed by atoms with E-state index in [1.165, 1.54) is 0 Å². The summed E-state index contributed by atoms with van der Waals surface area (Å²) in [7, 11) is 0. The van der Waals surface area contributed by atoms with Crippen LogP contribution in [-0.2, 0) is 0 Å². The fraction of sp³-hybridized carbons (Fsp3) is 0.143. The molecule has 2 N–H and O–H groups in total. The largest absolute Gasteiger partial charge is 0.339 e. The molecule has 132 valence electrons. The minimum Gasteiger partial charge on any atom is -0.339 e. The first-order valence-electron chi connectivity index (χ1n) is 8.39. The summed E-state index contributed by atoms with van der Waals surface area (Å²) in [5.74, 6) is 1.15. The summed E-state index contributed by atoms with van der Waals surface area (Å²) in [5, 5.41) is 24.5. The van der Waals surface area contributed by atoms with E-state index in [-0.39, 0.29) is 0 Å². The van der Waals surface area contributed by atoms with E-state index < -0.39 is 0 Å². The molecule has 0 atom stereocenters. The molecule has 1 aromatic heterocycles. The van der Waals surface area contributed by atoms with Crippen LogP contribution in [0, 0.1) is 43.4 Å². The molecule has 0 bridgehead atoms. The lowest BCUT2D eigenvalue weighted by Gasteiger charge is -2.15. The first-order chi connectivity index (χ1) is 13.0. The van der Waals surface area contributed by atoms with E-state index in [0.29, 0.717) is 22.9 Å². The van der Waals surface area contributed by atoms with Gasteiger partial charge in [0, 0.05) is 23.1 Å². The topological polar surface area (TPSA) is 97.4 Å². The van der Waals surface area contributed by atoms with Gasteiger partial charge in [-0.3, -0.25) is 0 Å². The second-order valence-corrected chi connectivity index (χ2v) is 6.26. The molecule has 0 fully saturated rings. The zero-order chi connectivity index (χ0) is 19.4. The van der Waals surface area contributed by atoms with E-state index in [1.54, 1.807) is 18.3 Å². The average Bonchev–Trinajstić information content (AvgIpc) is 2.67. The molecule has 0 aliphatic rings. The van der Waals surface area contributed by atoms with Gasteiger partial charge in [-0.1, -0.05) is 0 Å². The molecule has 2 aromatic carbocycles. The molecule has 0 aliphatic heterocycles. The molecule has 3 aromatic rings. The highest BCUT2D eigenvalue weighted by Crippen LogP contribution is 2.27. The van der Waals surface area contributed by atoms with Crippen molar-refractivity contribution >= 4 is 23.1 Å². The van der Waals surface area contributed by atoms with Crippen LogP contribution in [0.2, 0.25) is 0 Å². The lowest BCUT2D eigenvalue weighted by molar-refractivity contribution is 1.13. The van der Waals surface area contributed by atoms with Gasteiger partial charge in [0.2, 0.25) is 5.95 Å². The van der Waals surface area contributed by atoms with Gasteiger partial charge in [-0.25, -0.2) is 4.98 Å². The second-order valence-electron chi connectivity index (χ2n) is 6.26. The van der Waals surface area contributed by atoms with Crippen molar-refractivity contribution in [1.82, 2.24) is 9.97 Å². The molecular weight excluding hydrogens is 336 g/mol. The predicted octanol–water partition coefficient (Wildman–Crippen LogP) is 4.63. The van der Waals surface area contributed by atoms with E-state index in [4.69, 9.17) is 10.5 Å². The van der Waals surface area contributed by atoms with Crippen LogP contribution in [-0.4, -0.2) is 9.97 Å². The Hall–Kier alpha value is -3.90. The summed E-state index contributed by atoms with van der Waals surface area (Å²) in [6.07, 6.45) is 1.75. The molecule has 6 nitrogen and oxygen atoms in total. The zero-order valence-corrected chi connectivity index (χ0v) is 15.3. The Morgan fingerprint density at radius 2 is 1.44 bits per heavy atom. The second kappa shape index (κ2) is 7.55. The Morgan fingerprint density at radius 3 is 2.04 bits per heavy atom. The molecule has 0 spiro atoms. The van der Waals surface area contributed by atoms with Gasteiger partial charge in [-0.15, -0.1) is 0 Å². The smallest absolute Gasteiger partial charge is 0.229 e. The van der Waals surface area contributed by atoms with Crippen LogP contribution in [0.25, 0.3) is 0 Å². The van der Waals surface area contributed by atoms with Crippen LogP contribution in [0.5, 0.6) is 0 Å². The Balaban J connectivity index is 1.88. The van der Waals surface area contributed by atoms with Crippen LogP contribution < -0.4 is 10.6 Å². The Kier molecular flexibility index (Phi) is 5.01. The number of hydrogen-bond donors (Lipinski definition) is 2. The van der Waals surface area contributed by atoms with Crippen molar-refractivity contribution in [3.8, 4) is 12.1 Å². The Bertz CT molecular complexity index is 1050. The number of aryl methyl sites for hydroxylation is 3. The van der Waals surface area contributed by atoms with E-state index in [1.807, 2.05) is 45.0 Å². The standard InChI is InChI=1S/C21H18N6/c1-13-8-17(11-23)9-14(2)19(13)26-20-15(3)12-24-21(27-20)25-18-6-4-16(10-22)5-7-18/h4-9,12H,1-3H3,(H2,24,25,26,27). The third-order valence-corrected chi connectivity index (χ3v) is 4.15. The van der Waals surface area contributed by atoms with Crippen molar-refractivity contribution in [3.63, 3.8) is 0 Å². The van der Waals surface area contributed by atoms with Gasteiger partial charge >= 0.3 is 0 Å². The number of nitrogens with one attached hydrogen (secondary N) is 2. The molecule has 3 rings (SSSR count). The molecule has 0 radical (unpaired) electrons. The van der Waals surface area contributed by atoms with Gasteiger partial charge in [0.25, 0.3) is 0 Å². The normalized spacial score (nSPS) is 9.96. The van der Waals surface area contributed by atoms with Crippen LogP contribution in [0.3, 0.4) is 0 Å². The maximum absolute atomic E-state index is 9.10. The highest BCUT2D eigenvalue weighted by atomic mass is 15.1. The van der Waals surface area contributed by atoms with E-state index in [0.717, 1.165) is 28.1 Å². The lowest BCUT2D eigenvalue weighted by atomic mass is 10.0. The number of aromatic nitrogens is 2. The third kappa shape index (κ3) is 4.02. The minimum atomic E-state index is 0.455. The maximum Gasteiger partial charge on any atom is 0.229 e. The molecule has 1 heterocycles. The van der Waals surface area contributed by atoms with Gasteiger partial charge < -0.3 is 10.6 Å². The average molecular weight is 354 g/mol. The summed E-state index contributed by atoms with van der Waals surface area (Å²) < 4.78 is 0. The molecule has 0 amide bonds. The van der Waals surface area contributed by atoms with Crippen molar-refractivity contribution in [2.75, 3.05) is 10.6 Å². The lowest BCUT2D eigenvalue weighted by Crippen LogP contribution is -2.05. The fourth-order valence-electron chi connectivity index (χ4n) is 2.73. The highest BCUT2D eigenvalue weighted by Gasteiger charge is 2.10. The number of rotatable bonds is 4. The van der Waals surface area contributed by atoms with Gasteiger partial charge in [-0.05, 0) is 68.3 Å². The number of hydrogen-bond acceptors (Lipinski definition) is 6. The molecule has 27 heavy (non-hydrogen) atoms. The molecule has 0 saturated carbocycles. The van der Waals surface area contributed by atoms with E-state index >= 15 is 0 Å². The van der Waals surface area contributed by atoms with E-state index in [9.17, 15) is 0 Å². The number of nitriles is 2. The summed E-state index contributed by atoms with van der Waals surface area (Å²) in [6.45, 7) is 5.85. The molecular formula is C21H18N6. The van der Waals surface area contributed by atoms with Crippen molar-refractivity contribution in [3.05, 3.63) is 70.4 Å². The molecule has 0 saturated heterocycles. The van der Waals surface area contributed by atoms with Crippen LogP contribution in [0.1, 0.15) is 27.8 Å². The highest BCUT2D eigenvalue weighted by molar-refractivity contribution is 5.68. The first kappa shape index (κ1) is 17.9. The van der Waals surface area contributed by atoms with Crippen LogP contribution in [0.4, 0.5) is 23.1 Å². The number of benzene rings is 2. The fourth-order valence-corrected chi connectivity index (χ4v) is 2.73. The monoisotopic (exact) mass is 354 g/mol. The summed E-state index contributed by atoms with van der Waals surface area (Å²) >= 11 is 0. The van der Waals surface area contributed by atoms with Crippen molar-refractivity contribution in [1.29, 1.82) is 10.5 Å². The van der Waals surface area contributed by atoms with Gasteiger partial charge in [0.15, 0.2) is 0 Å². The van der Waals surface area contributed by atoms with E-state index in [2.05, 4.69) is 32.7 Å². The summed E-state index contributed by atoms with van der Waals surface area (Å²) in [5.41, 5.74) is 5.83. The van der Waals surface area contributed by atoms with Crippen molar-refractivity contribution < 1.29 is 0 Å². The molecule has 0 aliphatic carbocycles. The quantitative estimate of drug-likeness (QED) is 0.709.